The Bertz CT molecular complexity index is 430. The standard InChI is InChI=1S/C13H22N4O2/c1-9(2)17(4-3-5-18)13(19)11-6-10-12(7-14-11)16-8-15-10/h8-9,11,14,18H,3-7H2,1-2H3,(H,15,16). The van der Waals surface area contributed by atoms with E-state index >= 15 is 0 Å². The van der Waals surface area contributed by atoms with Gasteiger partial charge in [-0.05, 0) is 20.3 Å². The second-order valence-electron chi connectivity index (χ2n) is 5.17. The molecular formula is C13H22N4O2. The molecule has 0 radical (unpaired) electrons. The zero-order valence-electron chi connectivity index (χ0n) is 11.5. The van der Waals surface area contributed by atoms with Crippen molar-refractivity contribution >= 4 is 5.91 Å². The molecule has 6 heteroatoms. The van der Waals surface area contributed by atoms with Gasteiger partial charge in [-0.2, -0.15) is 0 Å². The number of nitrogens with zero attached hydrogens (tertiary/aromatic N) is 2. The predicted molar refractivity (Wildman–Crippen MR) is 71.5 cm³/mol. The van der Waals surface area contributed by atoms with Crippen LogP contribution >= 0.6 is 0 Å². The van der Waals surface area contributed by atoms with E-state index in [-0.39, 0.29) is 24.6 Å². The smallest absolute Gasteiger partial charge is 0.240 e. The Morgan fingerprint density at radius 2 is 2.42 bits per heavy atom. The molecule has 1 aliphatic heterocycles. The van der Waals surface area contributed by atoms with Gasteiger partial charge in [-0.3, -0.25) is 10.1 Å². The van der Waals surface area contributed by atoms with E-state index in [1.165, 1.54) is 0 Å². The van der Waals surface area contributed by atoms with Gasteiger partial charge in [-0.25, -0.2) is 4.98 Å². The number of aromatic nitrogens is 2. The van der Waals surface area contributed by atoms with E-state index in [4.69, 9.17) is 5.11 Å². The molecule has 1 atom stereocenters. The Morgan fingerprint density at radius 3 is 3.11 bits per heavy atom. The number of carbonyl (C=O) groups is 1. The molecule has 2 rings (SSSR count). The molecule has 1 amide bonds. The van der Waals surface area contributed by atoms with Gasteiger partial charge in [0, 0.05) is 32.2 Å². The Hall–Kier alpha value is -1.40. The molecule has 3 N–H and O–H groups in total. The number of aliphatic hydroxyl groups is 1. The summed E-state index contributed by atoms with van der Waals surface area (Å²) < 4.78 is 0. The van der Waals surface area contributed by atoms with Crippen molar-refractivity contribution in [2.75, 3.05) is 13.2 Å². The lowest BCUT2D eigenvalue weighted by Crippen LogP contribution is -2.51. The molecule has 0 bridgehead atoms. The number of imidazole rings is 1. The van der Waals surface area contributed by atoms with Crippen LogP contribution in [-0.2, 0) is 17.8 Å². The summed E-state index contributed by atoms with van der Waals surface area (Å²) in [5.41, 5.74) is 2.04. The summed E-state index contributed by atoms with van der Waals surface area (Å²) in [6, 6.07) is -0.0710. The third-order valence-corrected chi connectivity index (χ3v) is 3.49. The molecule has 19 heavy (non-hydrogen) atoms. The maximum Gasteiger partial charge on any atom is 0.240 e. The summed E-state index contributed by atoms with van der Waals surface area (Å²) in [7, 11) is 0. The number of nitrogens with one attached hydrogen (secondary N) is 2. The highest BCUT2D eigenvalue weighted by atomic mass is 16.3. The van der Waals surface area contributed by atoms with Gasteiger partial charge in [0.05, 0.1) is 23.8 Å². The Labute approximate surface area is 113 Å². The highest BCUT2D eigenvalue weighted by molar-refractivity contribution is 5.82. The number of hydrogen-bond acceptors (Lipinski definition) is 4. The highest BCUT2D eigenvalue weighted by Crippen LogP contribution is 2.15. The van der Waals surface area contributed by atoms with Crippen LogP contribution in [0, 0.1) is 0 Å². The average Bonchev–Trinajstić information content (AvgIpc) is 2.85. The number of carbonyl (C=O) groups excluding carboxylic acids is 1. The van der Waals surface area contributed by atoms with E-state index in [0.29, 0.717) is 25.9 Å². The SMILES string of the molecule is CC(C)N(CCCO)C(=O)C1Cc2nc[nH]c2CN1. The van der Waals surface area contributed by atoms with E-state index < -0.39 is 0 Å². The van der Waals surface area contributed by atoms with Crippen molar-refractivity contribution in [2.24, 2.45) is 0 Å². The van der Waals surface area contributed by atoms with Crippen LogP contribution in [0.5, 0.6) is 0 Å². The monoisotopic (exact) mass is 266 g/mol. The summed E-state index contributed by atoms with van der Waals surface area (Å²) >= 11 is 0. The minimum atomic E-state index is -0.211. The second kappa shape index (κ2) is 6.16. The molecule has 0 spiro atoms. The Balaban J connectivity index is 2.02. The van der Waals surface area contributed by atoms with Crippen LogP contribution in [0.4, 0.5) is 0 Å². The molecule has 0 aliphatic carbocycles. The normalized spacial score (nSPS) is 18.4. The first-order valence-electron chi connectivity index (χ1n) is 6.79. The van der Waals surface area contributed by atoms with Crippen molar-refractivity contribution < 1.29 is 9.90 Å². The number of rotatable bonds is 5. The molecule has 1 aromatic rings. The second-order valence-corrected chi connectivity index (χ2v) is 5.17. The molecule has 6 nitrogen and oxygen atoms in total. The van der Waals surface area contributed by atoms with Gasteiger partial charge in [0.2, 0.25) is 5.91 Å². The van der Waals surface area contributed by atoms with Gasteiger partial charge in [-0.1, -0.05) is 0 Å². The molecule has 0 aromatic carbocycles. The van der Waals surface area contributed by atoms with Crippen molar-refractivity contribution in [1.29, 1.82) is 0 Å². The quantitative estimate of drug-likeness (QED) is 0.703. The number of aliphatic hydroxyl groups excluding tert-OH is 1. The first-order chi connectivity index (χ1) is 9.13. The maximum absolute atomic E-state index is 12.5. The van der Waals surface area contributed by atoms with Crippen LogP contribution in [0.2, 0.25) is 0 Å². The van der Waals surface area contributed by atoms with Gasteiger partial charge >= 0.3 is 0 Å². The molecule has 0 fully saturated rings. The summed E-state index contributed by atoms with van der Waals surface area (Å²) in [5.74, 6) is 0.0945. The first-order valence-corrected chi connectivity index (χ1v) is 6.79. The zero-order chi connectivity index (χ0) is 13.8. The predicted octanol–water partition coefficient (Wildman–Crippen LogP) is 0.0434. The minimum absolute atomic E-state index is 0.0945. The fraction of sp³-hybridized carbons (Fsp3) is 0.692. The van der Waals surface area contributed by atoms with Gasteiger partial charge in [0.25, 0.3) is 0 Å². The van der Waals surface area contributed by atoms with Gasteiger partial charge in [0.1, 0.15) is 0 Å². The lowest BCUT2D eigenvalue weighted by atomic mass is 10.0. The van der Waals surface area contributed by atoms with Crippen LogP contribution in [0.3, 0.4) is 0 Å². The molecule has 0 saturated heterocycles. The number of fused-ring (bicyclic) bond motifs is 1. The van der Waals surface area contributed by atoms with Crippen LogP contribution in [0.15, 0.2) is 6.33 Å². The Kier molecular flexibility index (Phi) is 4.55. The number of amides is 1. The van der Waals surface area contributed by atoms with Gasteiger partial charge in [-0.15, -0.1) is 0 Å². The fourth-order valence-corrected chi connectivity index (χ4v) is 2.41. The van der Waals surface area contributed by atoms with E-state index in [1.54, 1.807) is 6.33 Å². The van der Waals surface area contributed by atoms with E-state index in [0.717, 1.165) is 11.4 Å². The van der Waals surface area contributed by atoms with Crippen LogP contribution in [0.1, 0.15) is 31.7 Å². The van der Waals surface area contributed by atoms with E-state index in [1.807, 2.05) is 18.7 Å². The molecule has 1 aliphatic rings. The lowest BCUT2D eigenvalue weighted by Gasteiger charge is -2.32. The number of H-pyrrole nitrogens is 1. The topological polar surface area (TPSA) is 81.2 Å². The number of hydrogen-bond donors (Lipinski definition) is 3. The summed E-state index contributed by atoms with van der Waals surface area (Å²) in [5, 5.41) is 12.2. The Morgan fingerprint density at radius 1 is 1.63 bits per heavy atom. The van der Waals surface area contributed by atoms with Gasteiger partial charge in [0.15, 0.2) is 0 Å². The van der Waals surface area contributed by atoms with Gasteiger partial charge < -0.3 is 15.0 Å². The molecule has 0 saturated carbocycles. The van der Waals surface area contributed by atoms with Crippen molar-refractivity contribution in [3.8, 4) is 0 Å². The molecular weight excluding hydrogens is 244 g/mol. The fourth-order valence-electron chi connectivity index (χ4n) is 2.41. The largest absolute Gasteiger partial charge is 0.396 e. The summed E-state index contributed by atoms with van der Waals surface area (Å²) in [6.07, 6.45) is 2.91. The first kappa shape index (κ1) is 14.0. The molecule has 106 valence electrons. The third kappa shape index (κ3) is 3.13. The maximum atomic E-state index is 12.5. The van der Waals surface area contributed by atoms with Crippen molar-refractivity contribution in [3.63, 3.8) is 0 Å². The molecule has 1 unspecified atom stereocenters. The third-order valence-electron chi connectivity index (χ3n) is 3.49. The summed E-state index contributed by atoms with van der Waals surface area (Å²) in [4.78, 5) is 21.7. The number of aromatic amines is 1. The zero-order valence-corrected chi connectivity index (χ0v) is 11.5. The average molecular weight is 266 g/mol. The van der Waals surface area contributed by atoms with E-state index in [2.05, 4.69) is 15.3 Å². The van der Waals surface area contributed by atoms with Crippen molar-refractivity contribution in [3.05, 3.63) is 17.7 Å². The highest BCUT2D eigenvalue weighted by Gasteiger charge is 2.30. The van der Waals surface area contributed by atoms with Crippen LogP contribution in [-0.4, -0.2) is 51.1 Å². The summed E-state index contributed by atoms with van der Waals surface area (Å²) in [6.45, 7) is 5.35. The van der Waals surface area contributed by atoms with Crippen molar-refractivity contribution in [1.82, 2.24) is 20.2 Å². The van der Waals surface area contributed by atoms with Crippen molar-refractivity contribution in [2.45, 2.75) is 45.3 Å². The van der Waals surface area contributed by atoms with Crippen LogP contribution < -0.4 is 5.32 Å². The minimum Gasteiger partial charge on any atom is -0.396 e. The molecule has 2 heterocycles. The van der Waals surface area contributed by atoms with E-state index in [9.17, 15) is 4.79 Å². The molecule has 1 aromatic heterocycles. The van der Waals surface area contributed by atoms with Crippen LogP contribution in [0.25, 0.3) is 0 Å². The lowest BCUT2D eigenvalue weighted by molar-refractivity contribution is -0.135.